The maximum Gasteiger partial charge on any atom is 0.145 e. The fourth-order valence-electron chi connectivity index (χ4n) is 3.44. The molecule has 0 bridgehead atoms. The fraction of sp³-hybridized carbons (Fsp3) is 0.0952. The maximum atomic E-state index is 4.70. The van der Waals surface area contributed by atoms with Crippen molar-refractivity contribution in [3.63, 3.8) is 0 Å². The van der Waals surface area contributed by atoms with Gasteiger partial charge in [0.2, 0.25) is 0 Å². The monoisotopic (exact) mass is 298 g/mol. The van der Waals surface area contributed by atoms with E-state index >= 15 is 0 Å². The van der Waals surface area contributed by atoms with E-state index in [-0.39, 0.29) is 0 Å². The Kier molecular flexibility index (Phi) is 2.88. The highest BCUT2D eigenvalue weighted by Crippen LogP contribution is 2.28. The Bertz CT molecular complexity index is 1150. The lowest BCUT2D eigenvalue weighted by atomic mass is 10.0. The molecule has 0 saturated carbocycles. The molecule has 0 radical (unpaired) electrons. The van der Waals surface area contributed by atoms with Crippen molar-refractivity contribution in [3.05, 3.63) is 70.4 Å². The van der Waals surface area contributed by atoms with Crippen LogP contribution in [0.15, 0.2) is 48.7 Å². The van der Waals surface area contributed by atoms with Crippen LogP contribution in [0.1, 0.15) is 11.1 Å². The van der Waals surface area contributed by atoms with Crippen molar-refractivity contribution in [2.45, 2.75) is 13.8 Å². The summed E-state index contributed by atoms with van der Waals surface area (Å²) in [4.78, 5) is 4.70. The second-order valence-corrected chi connectivity index (χ2v) is 6.04. The number of aromatic nitrogens is 2. The molecule has 0 aliphatic carbocycles. The largest absolute Gasteiger partial charge is 0.292 e. The lowest BCUT2D eigenvalue weighted by Crippen LogP contribution is -2.30. The minimum atomic E-state index is 0.897. The highest BCUT2D eigenvalue weighted by molar-refractivity contribution is 5.95. The van der Waals surface area contributed by atoms with Crippen molar-refractivity contribution in [2.75, 3.05) is 0 Å². The van der Waals surface area contributed by atoms with Gasteiger partial charge in [-0.1, -0.05) is 55.6 Å². The lowest BCUT2D eigenvalue weighted by Gasteiger charge is -2.11. The Hall–Kier alpha value is -2.87. The SMILES string of the molecule is C=c1c(=C)n2c(-c3c(C)cccc3C)cnc2c2ccccc12. The van der Waals surface area contributed by atoms with Crippen LogP contribution in [0.25, 0.3) is 40.8 Å². The predicted octanol–water partition coefficient (Wildman–Crippen LogP) is 3.59. The Morgan fingerprint density at radius 2 is 1.52 bits per heavy atom. The molecule has 4 aromatic rings. The third kappa shape index (κ3) is 1.85. The second-order valence-electron chi connectivity index (χ2n) is 6.04. The first-order valence-electron chi connectivity index (χ1n) is 7.72. The highest BCUT2D eigenvalue weighted by atomic mass is 15.0. The Balaban J connectivity index is 2.25. The normalized spacial score (nSPS) is 11.4. The Morgan fingerprint density at radius 3 is 2.22 bits per heavy atom. The summed E-state index contributed by atoms with van der Waals surface area (Å²) in [6.07, 6.45) is 1.95. The van der Waals surface area contributed by atoms with Gasteiger partial charge in [0.05, 0.1) is 11.9 Å². The fourth-order valence-corrected chi connectivity index (χ4v) is 3.44. The molecule has 0 aliphatic heterocycles. The van der Waals surface area contributed by atoms with Crippen LogP contribution in [0, 0.1) is 13.8 Å². The van der Waals surface area contributed by atoms with E-state index in [4.69, 9.17) is 4.98 Å². The van der Waals surface area contributed by atoms with Gasteiger partial charge < -0.3 is 0 Å². The van der Waals surface area contributed by atoms with Crippen molar-refractivity contribution in [1.82, 2.24) is 9.38 Å². The van der Waals surface area contributed by atoms with Crippen LogP contribution < -0.4 is 10.6 Å². The molecule has 0 fully saturated rings. The minimum Gasteiger partial charge on any atom is -0.292 e. The van der Waals surface area contributed by atoms with Crippen molar-refractivity contribution in [2.24, 2.45) is 0 Å². The summed E-state index contributed by atoms with van der Waals surface area (Å²) in [6, 6.07) is 14.6. The summed E-state index contributed by atoms with van der Waals surface area (Å²) >= 11 is 0. The van der Waals surface area contributed by atoms with E-state index in [2.05, 4.69) is 61.7 Å². The van der Waals surface area contributed by atoms with Gasteiger partial charge in [-0.3, -0.25) is 4.40 Å². The molecule has 0 aliphatic rings. The summed E-state index contributed by atoms with van der Waals surface area (Å²) in [7, 11) is 0. The average molecular weight is 298 g/mol. The summed E-state index contributed by atoms with van der Waals surface area (Å²) < 4.78 is 2.14. The zero-order valence-electron chi connectivity index (χ0n) is 13.4. The van der Waals surface area contributed by atoms with Crippen LogP contribution >= 0.6 is 0 Å². The molecular formula is C21H18N2. The van der Waals surface area contributed by atoms with Gasteiger partial charge >= 0.3 is 0 Å². The summed E-state index contributed by atoms with van der Waals surface area (Å²) in [6.45, 7) is 12.8. The van der Waals surface area contributed by atoms with Crippen LogP contribution in [0.2, 0.25) is 0 Å². The Morgan fingerprint density at radius 1 is 0.870 bits per heavy atom. The van der Waals surface area contributed by atoms with E-state index in [0.29, 0.717) is 0 Å². The first-order chi connectivity index (χ1) is 11.1. The number of hydrogen-bond acceptors (Lipinski definition) is 1. The molecule has 4 rings (SSSR count). The van der Waals surface area contributed by atoms with Gasteiger partial charge in [-0.15, -0.1) is 0 Å². The molecule has 23 heavy (non-hydrogen) atoms. The molecule has 0 amide bonds. The third-order valence-corrected chi connectivity index (χ3v) is 4.61. The molecule has 0 saturated heterocycles. The van der Waals surface area contributed by atoms with Gasteiger partial charge in [0, 0.05) is 16.3 Å². The average Bonchev–Trinajstić information content (AvgIpc) is 2.97. The second kappa shape index (κ2) is 4.82. The maximum absolute atomic E-state index is 4.70. The Labute approximate surface area is 135 Å². The zero-order valence-corrected chi connectivity index (χ0v) is 13.4. The van der Waals surface area contributed by atoms with Crippen LogP contribution in [-0.2, 0) is 0 Å². The third-order valence-electron chi connectivity index (χ3n) is 4.61. The van der Waals surface area contributed by atoms with Gasteiger partial charge in [0.15, 0.2) is 0 Å². The molecule has 2 nitrogen and oxygen atoms in total. The van der Waals surface area contributed by atoms with E-state index in [1.807, 2.05) is 18.3 Å². The molecule has 0 atom stereocenters. The summed E-state index contributed by atoms with van der Waals surface area (Å²) in [5, 5.41) is 4.08. The van der Waals surface area contributed by atoms with E-state index in [0.717, 1.165) is 32.7 Å². The highest BCUT2D eigenvalue weighted by Gasteiger charge is 2.14. The molecule has 2 heteroatoms. The van der Waals surface area contributed by atoms with Gasteiger partial charge in [-0.2, -0.15) is 0 Å². The first-order valence-corrected chi connectivity index (χ1v) is 7.72. The lowest BCUT2D eigenvalue weighted by molar-refractivity contribution is 1.13. The number of nitrogens with zero attached hydrogens (tertiary/aromatic N) is 2. The molecule has 2 aromatic carbocycles. The molecule has 0 N–H and O–H groups in total. The zero-order chi connectivity index (χ0) is 16.1. The van der Waals surface area contributed by atoms with Gasteiger partial charge in [0.1, 0.15) is 5.65 Å². The molecule has 0 spiro atoms. The number of aryl methyl sites for hydroxylation is 2. The molecule has 0 unspecified atom stereocenters. The van der Waals surface area contributed by atoms with Gasteiger partial charge in [0.25, 0.3) is 0 Å². The standard InChI is InChI=1S/C21H18N2/c1-13-8-7-9-14(2)20(13)19-12-22-21-18-11-6-5-10-17(18)15(3)16(4)23(19)21/h5-12H,3-4H2,1-2H3. The number of hydrogen-bond donors (Lipinski definition) is 0. The van der Waals surface area contributed by atoms with Crippen LogP contribution in [-0.4, -0.2) is 9.38 Å². The molecule has 2 heterocycles. The van der Waals surface area contributed by atoms with Crippen LogP contribution in [0.3, 0.4) is 0 Å². The quantitative estimate of drug-likeness (QED) is 0.525. The number of rotatable bonds is 1. The van der Waals surface area contributed by atoms with E-state index in [1.54, 1.807) is 0 Å². The van der Waals surface area contributed by atoms with Gasteiger partial charge in [-0.05, 0) is 35.6 Å². The van der Waals surface area contributed by atoms with Crippen molar-refractivity contribution >= 4 is 29.6 Å². The first kappa shape index (κ1) is 13.8. The van der Waals surface area contributed by atoms with Crippen LogP contribution in [0.4, 0.5) is 0 Å². The van der Waals surface area contributed by atoms with Crippen molar-refractivity contribution in [3.8, 4) is 11.3 Å². The summed E-state index contributed by atoms with van der Waals surface area (Å²) in [5.74, 6) is 0. The molecule has 2 aromatic heterocycles. The number of benzene rings is 2. The van der Waals surface area contributed by atoms with E-state index < -0.39 is 0 Å². The van der Waals surface area contributed by atoms with Gasteiger partial charge in [-0.25, -0.2) is 4.98 Å². The topological polar surface area (TPSA) is 17.3 Å². The number of imidazole rings is 1. The molecule has 112 valence electrons. The van der Waals surface area contributed by atoms with Crippen molar-refractivity contribution < 1.29 is 0 Å². The number of pyridine rings is 1. The van der Waals surface area contributed by atoms with Crippen molar-refractivity contribution in [1.29, 1.82) is 0 Å². The van der Waals surface area contributed by atoms with E-state index in [1.165, 1.54) is 16.7 Å². The predicted molar refractivity (Wildman–Crippen MR) is 97.9 cm³/mol. The minimum absolute atomic E-state index is 0.897. The number of fused-ring (bicyclic) bond motifs is 3. The smallest absolute Gasteiger partial charge is 0.145 e. The summed E-state index contributed by atoms with van der Waals surface area (Å²) in [5.41, 5.74) is 5.72. The molecular weight excluding hydrogens is 280 g/mol. The van der Waals surface area contributed by atoms with Crippen LogP contribution in [0.5, 0.6) is 0 Å². The van der Waals surface area contributed by atoms with E-state index in [9.17, 15) is 0 Å².